The first kappa shape index (κ1) is 16.2. The molecular weight excluding hydrogens is 290 g/mol. The summed E-state index contributed by atoms with van der Waals surface area (Å²) in [7, 11) is -3.67. The third-order valence-electron chi connectivity index (χ3n) is 2.24. The second kappa shape index (κ2) is 7.09. The average Bonchev–Trinajstić information content (AvgIpc) is 2.35. The molecule has 0 fully saturated rings. The molecule has 0 heterocycles. The number of aliphatic hydroxyl groups is 1. The molecule has 1 aromatic carbocycles. The van der Waals surface area contributed by atoms with Crippen LogP contribution >= 0.6 is 11.6 Å². The topological polar surface area (TPSA) is 75.6 Å². The molecule has 2 N–H and O–H groups in total. The highest BCUT2D eigenvalue weighted by Gasteiger charge is 2.16. The van der Waals surface area contributed by atoms with E-state index in [0.717, 1.165) is 6.42 Å². The number of ether oxygens (including phenoxy) is 1. The van der Waals surface area contributed by atoms with Gasteiger partial charge in [-0.15, -0.1) is 0 Å². The van der Waals surface area contributed by atoms with E-state index in [4.69, 9.17) is 21.4 Å². The zero-order valence-corrected chi connectivity index (χ0v) is 12.5. The van der Waals surface area contributed by atoms with Crippen molar-refractivity contribution in [2.45, 2.75) is 31.3 Å². The molecule has 0 spiro atoms. The van der Waals surface area contributed by atoms with E-state index in [9.17, 15) is 8.42 Å². The Morgan fingerprint density at radius 1 is 1.47 bits per heavy atom. The van der Waals surface area contributed by atoms with Crippen molar-refractivity contribution < 1.29 is 18.3 Å². The van der Waals surface area contributed by atoms with Gasteiger partial charge in [0.1, 0.15) is 5.75 Å². The predicted molar refractivity (Wildman–Crippen MR) is 74.1 cm³/mol. The molecule has 1 aromatic rings. The van der Waals surface area contributed by atoms with Crippen molar-refractivity contribution in [3.63, 3.8) is 0 Å². The number of hydrogen-bond donors (Lipinski definition) is 2. The van der Waals surface area contributed by atoms with Crippen molar-refractivity contribution in [2.75, 3.05) is 13.2 Å². The molecule has 1 rings (SSSR count). The van der Waals surface area contributed by atoms with E-state index in [1.807, 2.05) is 6.92 Å². The van der Waals surface area contributed by atoms with Crippen molar-refractivity contribution in [3.05, 3.63) is 23.2 Å². The fraction of sp³-hybridized carbons (Fsp3) is 0.500. The Balaban J connectivity index is 2.94. The van der Waals surface area contributed by atoms with Gasteiger partial charge in [0, 0.05) is 12.6 Å². The molecule has 5 nitrogen and oxygen atoms in total. The van der Waals surface area contributed by atoms with Crippen LogP contribution in [0.4, 0.5) is 0 Å². The predicted octanol–water partition coefficient (Wildman–Crippen LogP) is 1.79. The monoisotopic (exact) mass is 307 g/mol. The molecule has 0 saturated heterocycles. The van der Waals surface area contributed by atoms with E-state index in [2.05, 4.69) is 4.72 Å². The van der Waals surface area contributed by atoms with Gasteiger partial charge in [-0.25, -0.2) is 13.1 Å². The number of sulfonamides is 1. The molecule has 0 radical (unpaired) electrons. The minimum atomic E-state index is -3.67. The Hall–Kier alpha value is -0.820. The summed E-state index contributed by atoms with van der Waals surface area (Å²) < 4.78 is 31.6. The van der Waals surface area contributed by atoms with Gasteiger partial charge in [0.15, 0.2) is 0 Å². The van der Waals surface area contributed by atoms with Crippen molar-refractivity contribution in [3.8, 4) is 5.75 Å². The van der Waals surface area contributed by atoms with Crippen LogP contribution in [0.15, 0.2) is 23.1 Å². The van der Waals surface area contributed by atoms with Crippen molar-refractivity contribution in [1.82, 2.24) is 4.72 Å². The largest absolute Gasteiger partial charge is 0.492 e. The molecule has 0 unspecified atom stereocenters. The Morgan fingerprint density at radius 2 is 2.16 bits per heavy atom. The molecule has 0 saturated carbocycles. The van der Waals surface area contributed by atoms with Crippen LogP contribution in [0.2, 0.25) is 5.02 Å². The van der Waals surface area contributed by atoms with Gasteiger partial charge < -0.3 is 9.84 Å². The van der Waals surface area contributed by atoms with Crippen molar-refractivity contribution in [2.24, 2.45) is 0 Å². The first-order valence-corrected chi connectivity index (χ1v) is 7.83. The molecular formula is C12H18ClNO4S. The third kappa shape index (κ3) is 4.99. The maximum Gasteiger partial charge on any atom is 0.240 e. The first-order chi connectivity index (χ1) is 8.86. The first-order valence-electron chi connectivity index (χ1n) is 5.97. The van der Waals surface area contributed by atoms with Gasteiger partial charge in [0.2, 0.25) is 10.0 Å². The second-order valence-corrected chi connectivity index (χ2v) is 6.32. The third-order valence-corrected chi connectivity index (χ3v) is 3.98. The maximum absolute atomic E-state index is 12.0. The lowest BCUT2D eigenvalue weighted by molar-refractivity contribution is 0.198. The van der Waals surface area contributed by atoms with Crippen LogP contribution < -0.4 is 9.46 Å². The second-order valence-electron chi connectivity index (χ2n) is 4.14. The van der Waals surface area contributed by atoms with Crippen LogP contribution in [0.25, 0.3) is 0 Å². The van der Waals surface area contributed by atoms with E-state index in [-0.39, 0.29) is 11.4 Å². The fourth-order valence-corrected chi connectivity index (χ4v) is 2.60. The summed E-state index contributed by atoms with van der Waals surface area (Å²) >= 11 is 5.93. The molecule has 0 aromatic heterocycles. The maximum atomic E-state index is 12.0. The van der Waals surface area contributed by atoms with E-state index in [1.165, 1.54) is 25.1 Å². The molecule has 108 valence electrons. The molecule has 0 aliphatic rings. The van der Waals surface area contributed by atoms with Gasteiger partial charge in [-0.1, -0.05) is 18.5 Å². The van der Waals surface area contributed by atoms with E-state index >= 15 is 0 Å². The summed E-state index contributed by atoms with van der Waals surface area (Å²) in [5.41, 5.74) is 0. The minimum absolute atomic E-state index is 0.0455. The van der Waals surface area contributed by atoms with E-state index < -0.39 is 16.1 Å². The smallest absolute Gasteiger partial charge is 0.240 e. The number of hydrogen-bond acceptors (Lipinski definition) is 4. The average molecular weight is 308 g/mol. The molecule has 1 atom stereocenters. The number of rotatable bonds is 7. The van der Waals surface area contributed by atoms with Gasteiger partial charge in [0.05, 0.1) is 22.6 Å². The van der Waals surface area contributed by atoms with Crippen molar-refractivity contribution >= 4 is 21.6 Å². The molecule has 0 bridgehead atoms. The normalized spacial score (nSPS) is 13.3. The van der Waals surface area contributed by atoms with E-state index in [0.29, 0.717) is 17.4 Å². The van der Waals surface area contributed by atoms with Crippen LogP contribution in [-0.2, 0) is 10.0 Å². The lowest BCUT2D eigenvalue weighted by atomic mass is 10.3. The van der Waals surface area contributed by atoms with Gasteiger partial charge in [-0.3, -0.25) is 0 Å². The molecule has 19 heavy (non-hydrogen) atoms. The highest BCUT2D eigenvalue weighted by Crippen LogP contribution is 2.27. The minimum Gasteiger partial charge on any atom is -0.492 e. The highest BCUT2D eigenvalue weighted by atomic mass is 35.5. The number of nitrogens with one attached hydrogen (secondary N) is 1. The summed E-state index contributed by atoms with van der Waals surface area (Å²) in [6.07, 6.45) is 0.0472. The quantitative estimate of drug-likeness (QED) is 0.805. The zero-order valence-electron chi connectivity index (χ0n) is 10.9. The van der Waals surface area contributed by atoms with Crippen LogP contribution in [0.3, 0.4) is 0 Å². The fourth-order valence-electron chi connectivity index (χ4n) is 1.29. The molecule has 0 aliphatic heterocycles. The Labute approximate surface area is 118 Å². The standard InChI is InChI=1S/C12H18ClNO4S/c1-3-6-18-12-7-10(4-5-11(12)13)19(16,17)14-8-9(2)15/h4-5,7,9,14-15H,3,6,8H2,1-2H3/t9-/m1/s1. The Bertz CT molecular complexity index is 516. The highest BCUT2D eigenvalue weighted by molar-refractivity contribution is 7.89. The summed E-state index contributed by atoms with van der Waals surface area (Å²) in [6, 6.07) is 4.25. The SMILES string of the molecule is CCCOc1cc(S(=O)(=O)NC[C@@H](C)O)ccc1Cl. The van der Waals surface area contributed by atoms with E-state index in [1.54, 1.807) is 0 Å². The molecule has 0 amide bonds. The van der Waals surface area contributed by atoms with Gasteiger partial charge in [0.25, 0.3) is 0 Å². The Morgan fingerprint density at radius 3 is 2.74 bits per heavy atom. The van der Waals surface area contributed by atoms with Gasteiger partial charge in [-0.05, 0) is 25.5 Å². The Kier molecular flexibility index (Phi) is 6.06. The van der Waals surface area contributed by atoms with Crippen LogP contribution in [0.5, 0.6) is 5.75 Å². The number of aliphatic hydroxyl groups excluding tert-OH is 1. The van der Waals surface area contributed by atoms with Crippen LogP contribution in [0, 0.1) is 0 Å². The lowest BCUT2D eigenvalue weighted by Crippen LogP contribution is -2.30. The summed E-state index contributed by atoms with van der Waals surface area (Å²) in [5.74, 6) is 0.337. The summed E-state index contributed by atoms with van der Waals surface area (Å²) in [4.78, 5) is 0.0589. The van der Waals surface area contributed by atoms with Crippen molar-refractivity contribution in [1.29, 1.82) is 0 Å². The van der Waals surface area contributed by atoms with Gasteiger partial charge in [-0.2, -0.15) is 0 Å². The number of halogens is 1. The van der Waals surface area contributed by atoms with Gasteiger partial charge >= 0.3 is 0 Å². The number of benzene rings is 1. The zero-order chi connectivity index (χ0) is 14.5. The molecule has 0 aliphatic carbocycles. The summed E-state index contributed by atoms with van der Waals surface area (Å²) in [6.45, 7) is 3.86. The summed E-state index contributed by atoms with van der Waals surface area (Å²) in [5, 5.41) is 9.47. The molecule has 7 heteroatoms. The van der Waals surface area contributed by atoms with Crippen LogP contribution in [-0.4, -0.2) is 32.8 Å². The lowest BCUT2D eigenvalue weighted by Gasteiger charge is -2.11. The van der Waals surface area contributed by atoms with Crippen LogP contribution in [0.1, 0.15) is 20.3 Å².